The molecule has 2 heterocycles. The van der Waals surface area contributed by atoms with Crippen LogP contribution in [0.5, 0.6) is 5.75 Å². The Labute approximate surface area is 248 Å². The van der Waals surface area contributed by atoms with Crippen molar-refractivity contribution in [3.8, 4) is 5.75 Å². The van der Waals surface area contributed by atoms with Crippen LogP contribution in [-0.2, 0) is 21.9 Å². The van der Waals surface area contributed by atoms with Crippen molar-refractivity contribution >= 4 is 33.2 Å². The molecule has 1 amide bonds. The van der Waals surface area contributed by atoms with Gasteiger partial charge in [-0.1, -0.05) is 37.4 Å². The van der Waals surface area contributed by atoms with E-state index in [1.165, 1.54) is 11.1 Å². The number of benzene rings is 2. The van der Waals surface area contributed by atoms with Gasteiger partial charge in [0.05, 0.1) is 24.2 Å². The molecular formula is C32H41ClN2O5S. The minimum absolute atomic E-state index is 0.0574. The summed E-state index contributed by atoms with van der Waals surface area (Å²) in [5.74, 6) is 0.504. The SMILES string of the molecule is CC[C@@H]1CCC[C@H](O)[C@@H]2CC[C@H]2CN2C[C@@]3(CCCc4cc(Cl)ccc43)COc3ccc(cc32)C(=O)NS(=O)(=O)C1. The van der Waals surface area contributed by atoms with E-state index in [2.05, 4.69) is 21.8 Å². The number of carbonyl (C=O) groups is 1. The molecule has 2 aromatic rings. The maximum Gasteiger partial charge on any atom is 0.264 e. The predicted molar refractivity (Wildman–Crippen MR) is 161 cm³/mol. The second kappa shape index (κ2) is 11.4. The van der Waals surface area contributed by atoms with Gasteiger partial charge in [-0.3, -0.25) is 4.79 Å². The molecule has 5 atom stereocenters. The van der Waals surface area contributed by atoms with E-state index in [1.54, 1.807) is 18.2 Å². The lowest BCUT2D eigenvalue weighted by molar-refractivity contribution is 0.00857. The predicted octanol–water partition coefficient (Wildman–Crippen LogP) is 5.47. The van der Waals surface area contributed by atoms with Crippen LogP contribution in [0.15, 0.2) is 36.4 Å². The highest BCUT2D eigenvalue weighted by Crippen LogP contribution is 2.47. The monoisotopic (exact) mass is 600 g/mol. The normalized spacial score (nSPS) is 31.6. The number of ether oxygens (including phenoxy) is 1. The zero-order valence-corrected chi connectivity index (χ0v) is 25.4. The zero-order valence-electron chi connectivity index (χ0n) is 23.8. The van der Waals surface area contributed by atoms with Crippen molar-refractivity contribution < 1.29 is 23.1 Å². The fourth-order valence-electron chi connectivity index (χ4n) is 7.65. The molecule has 9 heteroatoms. The Morgan fingerprint density at radius 2 is 1.98 bits per heavy atom. The third-order valence-electron chi connectivity index (χ3n) is 10.1. The first-order valence-corrected chi connectivity index (χ1v) is 17.2. The van der Waals surface area contributed by atoms with Crippen molar-refractivity contribution in [2.24, 2.45) is 17.8 Å². The summed E-state index contributed by atoms with van der Waals surface area (Å²) in [5, 5.41) is 11.9. The van der Waals surface area contributed by atoms with E-state index >= 15 is 0 Å². The molecule has 41 heavy (non-hydrogen) atoms. The number of hydrogen-bond acceptors (Lipinski definition) is 6. The summed E-state index contributed by atoms with van der Waals surface area (Å²) < 4.78 is 34.8. The summed E-state index contributed by atoms with van der Waals surface area (Å²) in [6.07, 6.45) is 7.54. The van der Waals surface area contributed by atoms with Crippen molar-refractivity contribution in [2.75, 3.05) is 30.3 Å². The van der Waals surface area contributed by atoms with Crippen molar-refractivity contribution in [3.05, 3.63) is 58.1 Å². The average molecular weight is 601 g/mol. The number of nitrogens with one attached hydrogen (secondary N) is 1. The lowest BCUT2D eigenvalue weighted by Crippen LogP contribution is -2.49. The molecule has 0 radical (unpaired) electrons. The molecule has 0 unspecified atom stereocenters. The maximum atomic E-state index is 13.3. The van der Waals surface area contributed by atoms with Crippen LogP contribution < -0.4 is 14.4 Å². The van der Waals surface area contributed by atoms with Gasteiger partial charge in [-0.15, -0.1) is 0 Å². The second-order valence-electron chi connectivity index (χ2n) is 12.8. The number of hydrogen-bond donors (Lipinski definition) is 2. The zero-order chi connectivity index (χ0) is 28.8. The Morgan fingerprint density at radius 1 is 1.12 bits per heavy atom. The van der Waals surface area contributed by atoms with Gasteiger partial charge in [0.1, 0.15) is 5.75 Å². The van der Waals surface area contributed by atoms with Crippen LogP contribution in [0.4, 0.5) is 5.69 Å². The average Bonchev–Trinajstić information content (AvgIpc) is 3.06. The van der Waals surface area contributed by atoms with Gasteiger partial charge in [0, 0.05) is 29.1 Å². The standard InChI is InChI=1S/C32H41ClN2O5S/c1-2-21-5-3-7-29(36)26-11-8-24(26)17-35-19-32(14-4-6-22-15-25(33)10-12-27(22)32)20-40-30-13-9-23(16-28(30)35)31(37)34-41(38,39)18-21/h9-10,12-13,15-16,21,24,26,29,36H,2-8,11,14,17-20H2,1H3,(H,34,37)/t21-,24+,26-,29+,32+/m1/s1. The molecule has 2 aliphatic carbocycles. The number of aliphatic hydroxyl groups excluding tert-OH is 1. The molecule has 1 spiro atoms. The first-order valence-electron chi connectivity index (χ1n) is 15.2. The van der Waals surface area contributed by atoms with E-state index in [1.807, 2.05) is 13.0 Å². The van der Waals surface area contributed by atoms with Crippen LogP contribution in [0.3, 0.4) is 0 Å². The summed E-state index contributed by atoms with van der Waals surface area (Å²) in [5.41, 5.74) is 3.41. The van der Waals surface area contributed by atoms with Gasteiger partial charge in [-0.05, 0) is 104 Å². The quantitative estimate of drug-likeness (QED) is 0.451. The van der Waals surface area contributed by atoms with Crippen molar-refractivity contribution in [3.63, 3.8) is 0 Å². The van der Waals surface area contributed by atoms with Crippen molar-refractivity contribution in [2.45, 2.75) is 76.2 Å². The number of aliphatic hydroxyl groups is 1. The van der Waals surface area contributed by atoms with Gasteiger partial charge in [0.15, 0.2) is 0 Å². The lowest BCUT2D eigenvalue weighted by Gasteiger charge is -2.45. The number of halogens is 1. The van der Waals surface area contributed by atoms with Crippen LogP contribution in [0.1, 0.15) is 79.8 Å². The third-order valence-corrected chi connectivity index (χ3v) is 11.8. The minimum atomic E-state index is -3.81. The van der Waals surface area contributed by atoms with Gasteiger partial charge in [0.25, 0.3) is 5.91 Å². The molecule has 1 saturated carbocycles. The van der Waals surface area contributed by atoms with Crippen LogP contribution in [-0.4, -0.2) is 51.0 Å². The summed E-state index contributed by atoms with van der Waals surface area (Å²) in [6.45, 7) is 3.96. The van der Waals surface area contributed by atoms with Gasteiger partial charge in [0.2, 0.25) is 10.0 Å². The van der Waals surface area contributed by atoms with E-state index in [0.717, 1.165) is 62.3 Å². The Balaban J connectivity index is 1.40. The van der Waals surface area contributed by atoms with Crippen LogP contribution in [0.25, 0.3) is 0 Å². The van der Waals surface area contributed by atoms with Gasteiger partial charge in [-0.25, -0.2) is 13.1 Å². The number of aryl methyl sites for hydroxylation is 1. The van der Waals surface area contributed by atoms with E-state index in [9.17, 15) is 18.3 Å². The van der Waals surface area contributed by atoms with Crippen LogP contribution in [0, 0.1) is 17.8 Å². The lowest BCUT2D eigenvalue weighted by atomic mass is 9.68. The van der Waals surface area contributed by atoms with Gasteiger partial charge < -0.3 is 14.7 Å². The summed E-state index contributed by atoms with van der Waals surface area (Å²) in [6, 6.07) is 11.4. The van der Waals surface area contributed by atoms with E-state index in [4.69, 9.17) is 16.3 Å². The summed E-state index contributed by atoms with van der Waals surface area (Å²) in [4.78, 5) is 15.6. The Morgan fingerprint density at radius 3 is 2.76 bits per heavy atom. The minimum Gasteiger partial charge on any atom is -0.490 e. The van der Waals surface area contributed by atoms with E-state index in [-0.39, 0.29) is 23.0 Å². The van der Waals surface area contributed by atoms with Crippen molar-refractivity contribution in [1.29, 1.82) is 0 Å². The number of carbonyl (C=O) groups excluding carboxylic acids is 1. The molecule has 2 bridgehead atoms. The Kier molecular flexibility index (Phi) is 8.02. The Hall–Kier alpha value is -2.29. The molecule has 222 valence electrons. The number of sulfonamides is 1. The van der Waals surface area contributed by atoms with Crippen molar-refractivity contribution in [1.82, 2.24) is 4.72 Å². The molecule has 7 nitrogen and oxygen atoms in total. The van der Waals surface area contributed by atoms with Gasteiger partial charge >= 0.3 is 0 Å². The highest BCUT2D eigenvalue weighted by molar-refractivity contribution is 7.90. The first-order chi connectivity index (χ1) is 19.7. The molecule has 4 aliphatic rings. The molecule has 2 aliphatic heterocycles. The number of nitrogens with zero attached hydrogens (tertiary/aromatic N) is 1. The molecule has 2 N–H and O–H groups in total. The smallest absolute Gasteiger partial charge is 0.264 e. The molecular weight excluding hydrogens is 560 g/mol. The first kappa shape index (κ1) is 28.8. The fraction of sp³-hybridized carbons (Fsp3) is 0.594. The number of anilines is 1. The summed E-state index contributed by atoms with van der Waals surface area (Å²) >= 11 is 6.38. The second-order valence-corrected chi connectivity index (χ2v) is 15.0. The molecule has 6 rings (SSSR count). The fourth-order valence-corrected chi connectivity index (χ4v) is 9.35. The highest BCUT2D eigenvalue weighted by Gasteiger charge is 2.44. The molecule has 0 saturated heterocycles. The molecule has 0 aromatic heterocycles. The Bertz CT molecular complexity index is 1410. The van der Waals surface area contributed by atoms with Crippen LogP contribution in [0.2, 0.25) is 5.02 Å². The third kappa shape index (κ3) is 5.84. The highest BCUT2D eigenvalue weighted by atomic mass is 35.5. The van der Waals surface area contributed by atoms with E-state index in [0.29, 0.717) is 43.1 Å². The molecule has 2 aromatic carbocycles. The maximum absolute atomic E-state index is 13.3. The van der Waals surface area contributed by atoms with E-state index < -0.39 is 22.0 Å². The topological polar surface area (TPSA) is 95.9 Å². The van der Waals surface area contributed by atoms with Gasteiger partial charge in [-0.2, -0.15) is 0 Å². The molecule has 1 fully saturated rings. The van der Waals surface area contributed by atoms with Crippen LogP contribution >= 0.6 is 11.6 Å². The number of rotatable bonds is 1. The summed E-state index contributed by atoms with van der Waals surface area (Å²) in [7, 11) is -3.81. The largest absolute Gasteiger partial charge is 0.490 e. The number of amides is 1. The number of fused-ring (bicyclic) bond motifs is 4.